The van der Waals surface area contributed by atoms with Crippen LogP contribution in [0.1, 0.15) is 27.2 Å². The molecule has 0 unspecified atom stereocenters. The third-order valence-electron chi connectivity index (χ3n) is 2.14. The van der Waals surface area contributed by atoms with Gasteiger partial charge in [0.2, 0.25) is 0 Å². The standard InChI is InChI=1S/C7H11N.C2H6/c1-6-2-7(3-6)4-8-5-7;1-2/h2,8H,3-5H2,1H3;1-2H3. The first-order chi connectivity index (χ1) is 4.81. The molecule has 0 saturated carbocycles. The Hall–Kier alpha value is -0.300. The van der Waals surface area contributed by atoms with Gasteiger partial charge in [0.25, 0.3) is 0 Å². The van der Waals surface area contributed by atoms with Crippen LogP contribution >= 0.6 is 0 Å². The molecule has 0 bridgehead atoms. The largest absolute Gasteiger partial charge is 0.315 e. The summed E-state index contributed by atoms with van der Waals surface area (Å²) in [7, 11) is 0. The molecule has 2 rings (SSSR count). The molecule has 1 heterocycles. The van der Waals surface area contributed by atoms with Crippen LogP contribution in [-0.2, 0) is 0 Å². The van der Waals surface area contributed by atoms with Gasteiger partial charge in [-0.3, -0.25) is 0 Å². The molecule has 1 spiro atoms. The minimum atomic E-state index is 0.643. The third-order valence-corrected chi connectivity index (χ3v) is 2.14. The molecule has 0 aromatic heterocycles. The zero-order valence-electron chi connectivity index (χ0n) is 7.20. The molecule has 0 radical (unpaired) electrons. The van der Waals surface area contributed by atoms with E-state index in [9.17, 15) is 0 Å². The number of hydrogen-bond acceptors (Lipinski definition) is 1. The molecule has 1 aliphatic carbocycles. The predicted molar refractivity (Wildman–Crippen MR) is 45.0 cm³/mol. The van der Waals surface area contributed by atoms with Crippen LogP contribution in [0.5, 0.6) is 0 Å². The fourth-order valence-corrected chi connectivity index (χ4v) is 1.72. The second-order valence-corrected chi connectivity index (χ2v) is 3.13. The molecular formula is C9H17N. The summed E-state index contributed by atoms with van der Waals surface area (Å²) in [6, 6.07) is 0. The Bertz CT molecular complexity index is 143. The van der Waals surface area contributed by atoms with E-state index in [2.05, 4.69) is 18.3 Å². The fourth-order valence-electron chi connectivity index (χ4n) is 1.72. The van der Waals surface area contributed by atoms with E-state index in [0.29, 0.717) is 5.41 Å². The molecule has 0 aromatic rings. The average Bonchev–Trinajstić information content (AvgIpc) is 1.82. The molecule has 1 N–H and O–H groups in total. The second-order valence-electron chi connectivity index (χ2n) is 3.13. The zero-order valence-corrected chi connectivity index (χ0v) is 7.20. The summed E-state index contributed by atoms with van der Waals surface area (Å²) in [5, 5.41) is 3.28. The summed E-state index contributed by atoms with van der Waals surface area (Å²) in [6.45, 7) is 8.66. The van der Waals surface area contributed by atoms with Crippen LogP contribution in [0.4, 0.5) is 0 Å². The summed E-state index contributed by atoms with van der Waals surface area (Å²) in [5.41, 5.74) is 2.22. The molecule has 0 amide bonds. The highest BCUT2D eigenvalue weighted by molar-refractivity contribution is 5.26. The Kier molecular flexibility index (Phi) is 2.14. The molecule has 0 atom stereocenters. The quantitative estimate of drug-likeness (QED) is 0.506. The summed E-state index contributed by atoms with van der Waals surface area (Å²) in [6.07, 6.45) is 3.75. The number of hydrogen-bond donors (Lipinski definition) is 1. The minimum absolute atomic E-state index is 0.643. The van der Waals surface area contributed by atoms with E-state index in [1.54, 1.807) is 5.57 Å². The van der Waals surface area contributed by atoms with Gasteiger partial charge in [-0.15, -0.1) is 0 Å². The molecule has 58 valence electrons. The van der Waals surface area contributed by atoms with E-state index in [1.165, 1.54) is 19.5 Å². The van der Waals surface area contributed by atoms with Crippen LogP contribution < -0.4 is 5.32 Å². The van der Waals surface area contributed by atoms with E-state index in [0.717, 1.165) is 0 Å². The van der Waals surface area contributed by atoms with Gasteiger partial charge in [-0.2, -0.15) is 0 Å². The summed E-state index contributed by atoms with van der Waals surface area (Å²) >= 11 is 0. The van der Waals surface area contributed by atoms with Crippen molar-refractivity contribution in [3.63, 3.8) is 0 Å². The normalized spacial score (nSPS) is 25.3. The van der Waals surface area contributed by atoms with Crippen molar-refractivity contribution in [2.45, 2.75) is 27.2 Å². The molecular weight excluding hydrogens is 122 g/mol. The van der Waals surface area contributed by atoms with Crippen LogP contribution in [0.2, 0.25) is 0 Å². The topological polar surface area (TPSA) is 12.0 Å². The minimum Gasteiger partial charge on any atom is -0.315 e. The van der Waals surface area contributed by atoms with Gasteiger partial charge in [0, 0.05) is 18.5 Å². The van der Waals surface area contributed by atoms with Crippen molar-refractivity contribution in [2.24, 2.45) is 5.41 Å². The Balaban J connectivity index is 0.000000231. The van der Waals surface area contributed by atoms with Crippen molar-refractivity contribution >= 4 is 0 Å². The Morgan fingerprint density at radius 2 is 1.90 bits per heavy atom. The Labute approximate surface area is 63.5 Å². The maximum Gasteiger partial charge on any atom is 0.0171 e. The van der Waals surface area contributed by atoms with Crippen molar-refractivity contribution in [3.05, 3.63) is 11.6 Å². The van der Waals surface area contributed by atoms with Crippen LogP contribution in [0, 0.1) is 5.41 Å². The maximum atomic E-state index is 3.28. The van der Waals surface area contributed by atoms with Gasteiger partial charge < -0.3 is 5.32 Å². The van der Waals surface area contributed by atoms with E-state index in [4.69, 9.17) is 0 Å². The predicted octanol–water partition coefficient (Wildman–Crippen LogP) is 1.95. The molecule has 1 fully saturated rings. The second kappa shape index (κ2) is 2.75. The highest BCUT2D eigenvalue weighted by atomic mass is 15.0. The molecule has 1 aliphatic heterocycles. The van der Waals surface area contributed by atoms with Crippen molar-refractivity contribution in [2.75, 3.05) is 13.1 Å². The molecule has 2 aliphatic rings. The molecule has 10 heavy (non-hydrogen) atoms. The average molecular weight is 139 g/mol. The van der Waals surface area contributed by atoms with Gasteiger partial charge in [-0.25, -0.2) is 0 Å². The summed E-state index contributed by atoms with van der Waals surface area (Å²) in [4.78, 5) is 0. The molecule has 1 heteroatoms. The zero-order chi connectivity index (χ0) is 7.61. The van der Waals surface area contributed by atoms with Gasteiger partial charge in [-0.1, -0.05) is 25.5 Å². The lowest BCUT2D eigenvalue weighted by Gasteiger charge is -2.47. The highest BCUT2D eigenvalue weighted by Gasteiger charge is 2.40. The molecule has 1 saturated heterocycles. The van der Waals surface area contributed by atoms with Crippen molar-refractivity contribution in [3.8, 4) is 0 Å². The van der Waals surface area contributed by atoms with E-state index < -0.39 is 0 Å². The fraction of sp³-hybridized carbons (Fsp3) is 0.778. The Morgan fingerprint density at radius 1 is 1.40 bits per heavy atom. The first-order valence-corrected chi connectivity index (χ1v) is 4.20. The number of nitrogens with one attached hydrogen (secondary N) is 1. The van der Waals surface area contributed by atoms with Crippen molar-refractivity contribution in [1.82, 2.24) is 5.32 Å². The van der Waals surface area contributed by atoms with Crippen LogP contribution in [-0.4, -0.2) is 13.1 Å². The van der Waals surface area contributed by atoms with Gasteiger partial charge >= 0.3 is 0 Å². The first kappa shape index (κ1) is 7.80. The molecule has 0 aromatic carbocycles. The van der Waals surface area contributed by atoms with Crippen LogP contribution in [0.25, 0.3) is 0 Å². The van der Waals surface area contributed by atoms with Crippen molar-refractivity contribution in [1.29, 1.82) is 0 Å². The SMILES string of the molecule is CC.CC1=CC2(CNC2)C1. The summed E-state index contributed by atoms with van der Waals surface area (Å²) < 4.78 is 0. The van der Waals surface area contributed by atoms with Crippen molar-refractivity contribution < 1.29 is 0 Å². The monoisotopic (exact) mass is 139 g/mol. The Morgan fingerprint density at radius 3 is 2.00 bits per heavy atom. The number of allylic oxidation sites excluding steroid dienone is 1. The lowest BCUT2D eigenvalue weighted by molar-refractivity contribution is 0.207. The van der Waals surface area contributed by atoms with Gasteiger partial charge in [-0.05, 0) is 13.3 Å². The maximum absolute atomic E-state index is 3.28. The third kappa shape index (κ3) is 1.10. The van der Waals surface area contributed by atoms with Gasteiger partial charge in [0.15, 0.2) is 0 Å². The molecule has 1 nitrogen and oxygen atoms in total. The van der Waals surface area contributed by atoms with E-state index >= 15 is 0 Å². The highest BCUT2D eigenvalue weighted by Crippen LogP contribution is 2.41. The van der Waals surface area contributed by atoms with E-state index in [1.807, 2.05) is 13.8 Å². The van der Waals surface area contributed by atoms with Gasteiger partial charge in [0.1, 0.15) is 0 Å². The summed E-state index contributed by atoms with van der Waals surface area (Å²) in [5.74, 6) is 0. The lowest BCUT2D eigenvalue weighted by atomic mass is 9.67. The van der Waals surface area contributed by atoms with Gasteiger partial charge in [0.05, 0.1) is 0 Å². The smallest absolute Gasteiger partial charge is 0.0171 e. The first-order valence-electron chi connectivity index (χ1n) is 4.20. The van der Waals surface area contributed by atoms with E-state index in [-0.39, 0.29) is 0 Å². The number of rotatable bonds is 0. The van der Waals surface area contributed by atoms with Crippen LogP contribution in [0.3, 0.4) is 0 Å². The van der Waals surface area contributed by atoms with Crippen LogP contribution in [0.15, 0.2) is 11.6 Å². The lowest BCUT2D eigenvalue weighted by Crippen LogP contribution is -2.55.